The smallest absolute Gasteiger partial charge is 0.271 e. The van der Waals surface area contributed by atoms with Crippen molar-refractivity contribution in [1.82, 2.24) is 5.43 Å². The molecule has 25 heavy (non-hydrogen) atoms. The number of methoxy groups -OCH3 is 1. The number of carbonyl (C=O) groups excluding carboxylic acids is 2. The third kappa shape index (κ3) is 4.44. The summed E-state index contributed by atoms with van der Waals surface area (Å²) in [6.07, 6.45) is 3.44. The fraction of sp³-hybridized carbons (Fsp3) is 0.211. The van der Waals surface area contributed by atoms with Gasteiger partial charge in [-0.15, -0.1) is 0 Å². The third-order valence-electron chi connectivity index (χ3n) is 3.87. The van der Waals surface area contributed by atoms with Crippen molar-refractivity contribution >= 4 is 23.7 Å². The Balaban J connectivity index is 1.57. The van der Waals surface area contributed by atoms with Gasteiger partial charge in [0.1, 0.15) is 5.75 Å². The molecule has 6 heteroatoms. The van der Waals surface area contributed by atoms with E-state index in [2.05, 4.69) is 15.8 Å². The Morgan fingerprint density at radius 2 is 1.84 bits per heavy atom. The summed E-state index contributed by atoms with van der Waals surface area (Å²) < 4.78 is 5.22. The number of anilines is 1. The molecule has 0 unspecified atom stereocenters. The van der Waals surface area contributed by atoms with Crippen LogP contribution in [0.5, 0.6) is 5.75 Å². The van der Waals surface area contributed by atoms with Gasteiger partial charge in [0.25, 0.3) is 5.91 Å². The molecule has 0 spiro atoms. The number of hydrogen-bond acceptors (Lipinski definition) is 4. The lowest BCUT2D eigenvalue weighted by molar-refractivity contribution is -0.117. The molecule has 1 aliphatic carbocycles. The van der Waals surface area contributed by atoms with Gasteiger partial charge in [0.15, 0.2) is 0 Å². The lowest BCUT2D eigenvalue weighted by atomic mass is 10.2. The quantitative estimate of drug-likeness (QED) is 0.628. The molecule has 1 aliphatic rings. The molecule has 2 N–H and O–H groups in total. The number of benzene rings is 2. The lowest BCUT2D eigenvalue weighted by Crippen LogP contribution is -2.18. The van der Waals surface area contributed by atoms with Crippen LogP contribution in [0.3, 0.4) is 0 Å². The monoisotopic (exact) mass is 337 g/mol. The van der Waals surface area contributed by atoms with Crippen molar-refractivity contribution in [3.05, 3.63) is 59.7 Å². The predicted molar refractivity (Wildman–Crippen MR) is 95.8 cm³/mol. The zero-order valence-electron chi connectivity index (χ0n) is 13.9. The Bertz CT molecular complexity index is 796. The second-order valence-corrected chi connectivity index (χ2v) is 5.78. The van der Waals surface area contributed by atoms with Crippen LogP contribution in [0.25, 0.3) is 0 Å². The van der Waals surface area contributed by atoms with Crippen LogP contribution < -0.4 is 15.5 Å². The Morgan fingerprint density at radius 1 is 1.12 bits per heavy atom. The number of rotatable bonds is 6. The average Bonchev–Trinajstić information content (AvgIpc) is 3.48. The first kappa shape index (κ1) is 16.7. The fourth-order valence-corrected chi connectivity index (χ4v) is 2.29. The van der Waals surface area contributed by atoms with E-state index in [0.717, 1.165) is 18.4 Å². The summed E-state index contributed by atoms with van der Waals surface area (Å²) in [5.41, 5.74) is 4.39. The van der Waals surface area contributed by atoms with E-state index < -0.39 is 0 Å². The number of para-hydroxylation sites is 1. The number of nitrogens with one attached hydrogen (secondary N) is 2. The van der Waals surface area contributed by atoms with E-state index in [1.54, 1.807) is 31.4 Å². The van der Waals surface area contributed by atoms with Crippen LogP contribution in [0, 0.1) is 5.92 Å². The number of carbonyl (C=O) groups is 2. The summed E-state index contributed by atoms with van der Waals surface area (Å²) in [6, 6.07) is 14.1. The fourth-order valence-electron chi connectivity index (χ4n) is 2.29. The minimum Gasteiger partial charge on any atom is -0.496 e. The Hall–Kier alpha value is -3.15. The molecular weight excluding hydrogens is 318 g/mol. The molecule has 6 nitrogen and oxygen atoms in total. The summed E-state index contributed by atoms with van der Waals surface area (Å²) in [7, 11) is 1.58. The molecule has 0 atom stereocenters. The van der Waals surface area contributed by atoms with Crippen molar-refractivity contribution in [2.75, 3.05) is 12.4 Å². The van der Waals surface area contributed by atoms with Gasteiger partial charge in [-0.25, -0.2) is 5.43 Å². The molecule has 0 radical (unpaired) electrons. The number of amides is 2. The van der Waals surface area contributed by atoms with E-state index in [-0.39, 0.29) is 17.7 Å². The molecule has 2 amide bonds. The van der Waals surface area contributed by atoms with Gasteiger partial charge < -0.3 is 10.1 Å². The van der Waals surface area contributed by atoms with E-state index in [9.17, 15) is 9.59 Å². The Kier molecular flexibility index (Phi) is 5.09. The second-order valence-electron chi connectivity index (χ2n) is 5.78. The highest BCUT2D eigenvalue weighted by atomic mass is 16.5. The van der Waals surface area contributed by atoms with Crippen molar-refractivity contribution in [3.63, 3.8) is 0 Å². The van der Waals surface area contributed by atoms with E-state index >= 15 is 0 Å². The van der Waals surface area contributed by atoms with E-state index in [0.29, 0.717) is 17.0 Å². The van der Waals surface area contributed by atoms with Gasteiger partial charge in [-0.1, -0.05) is 12.1 Å². The minimum atomic E-state index is -0.328. The molecule has 1 saturated carbocycles. The van der Waals surface area contributed by atoms with Crippen LogP contribution in [0.15, 0.2) is 53.6 Å². The second kappa shape index (κ2) is 7.61. The van der Waals surface area contributed by atoms with Gasteiger partial charge in [0, 0.05) is 22.7 Å². The van der Waals surface area contributed by atoms with Gasteiger partial charge in [-0.05, 0) is 49.2 Å². The summed E-state index contributed by atoms with van der Waals surface area (Å²) in [6.45, 7) is 0. The molecule has 0 aliphatic heterocycles. The standard InChI is InChI=1S/C19H19N3O3/c1-25-17-5-3-2-4-15(17)12-20-22-19(24)14-8-10-16(11-9-14)21-18(23)13-6-7-13/h2-5,8-13H,6-7H2,1H3,(H,21,23)(H,22,24). The molecular formula is C19H19N3O3. The summed E-state index contributed by atoms with van der Waals surface area (Å²) in [5.74, 6) is 0.536. The topological polar surface area (TPSA) is 79.8 Å². The van der Waals surface area contributed by atoms with Crippen molar-refractivity contribution in [3.8, 4) is 5.75 Å². The number of ether oxygens (including phenoxy) is 1. The molecule has 128 valence electrons. The van der Waals surface area contributed by atoms with Gasteiger partial charge in [0.05, 0.1) is 13.3 Å². The van der Waals surface area contributed by atoms with Crippen molar-refractivity contribution in [2.24, 2.45) is 11.0 Å². The highest BCUT2D eigenvalue weighted by Crippen LogP contribution is 2.30. The molecule has 0 aromatic heterocycles. The Morgan fingerprint density at radius 3 is 2.52 bits per heavy atom. The Labute approximate surface area is 145 Å². The molecule has 0 heterocycles. The van der Waals surface area contributed by atoms with Crippen molar-refractivity contribution < 1.29 is 14.3 Å². The summed E-state index contributed by atoms with van der Waals surface area (Å²) in [4.78, 5) is 23.8. The van der Waals surface area contributed by atoms with Crippen LogP contribution >= 0.6 is 0 Å². The van der Waals surface area contributed by atoms with Gasteiger partial charge in [-0.2, -0.15) is 5.10 Å². The molecule has 0 saturated heterocycles. The first-order valence-corrected chi connectivity index (χ1v) is 8.04. The van der Waals surface area contributed by atoms with Gasteiger partial charge in [0.2, 0.25) is 5.91 Å². The highest BCUT2D eigenvalue weighted by molar-refractivity contribution is 5.97. The molecule has 3 rings (SSSR count). The lowest BCUT2D eigenvalue weighted by Gasteiger charge is -2.05. The normalized spacial score (nSPS) is 13.5. The van der Waals surface area contributed by atoms with Crippen molar-refractivity contribution in [1.29, 1.82) is 0 Å². The van der Waals surface area contributed by atoms with Gasteiger partial charge in [-0.3, -0.25) is 9.59 Å². The van der Waals surface area contributed by atoms with Crippen LogP contribution in [-0.4, -0.2) is 25.1 Å². The summed E-state index contributed by atoms with van der Waals surface area (Å²) >= 11 is 0. The number of hydrazone groups is 1. The molecule has 2 aromatic rings. The zero-order valence-corrected chi connectivity index (χ0v) is 13.9. The van der Waals surface area contributed by atoms with Crippen LogP contribution in [-0.2, 0) is 4.79 Å². The maximum atomic E-state index is 12.1. The van der Waals surface area contributed by atoms with Crippen molar-refractivity contribution in [2.45, 2.75) is 12.8 Å². The summed E-state index contributed by atoms with van der Waals surface area (Å²) in [5, 5.41) is 6.79. The van der Waals surface area contributed by atoms with Crippen LogP contribution in [0.4, 0.5) is 5.69 Å². The first-order chi connectivity index (χ1) is 12.2. The van der Waals surface area contributed by atoms with E-state index in [1.807, 2.05) is 24.3 Å². The molecule has 2 aromatic carbocycles. The van der Waals surface area contributed by atoms with Crippen LogP contribution in [0.2, 0.25) is 0 Å². The largest absolute Gasteiger partial charge is 0.496 e. The zero-order chi connectivity index (χ0) is 17.6. The van der Waals surface area contributed by atoms with E-state index in [4.69, 9.17) is 4.74 Å². The predicted octanol–water partition coefficient (Wildman–Crippen LogP) is 2.81. The van der Waals surface area contributed by atoms with Gasteiger partial charge >= 0.3 is 0 Å². The minimum absolute atomic E-state index is 0.0404. The number of nitrogens with zero attached hydrogens (tertiary/aromatic N) is 1. The maximum Gasteiger partial charge on any atom is 0.271 e. The van der Waals surface area contributed by atoms with E-state index in [1.165, 1.54) is 6.21 Å². The van der Waals surface area contributed by atoms with Crippen LogP contribution in [0.1, 0.15) is 28.8 Å². The molecule has 0 bridgehead atoms. The third-order valence-corrected chi connectivity index (χ3v) is 3.87. The SMILES string of the molecule is COc1ccccc1C=NNC(=O)c1ccc(NC(=O)C2CC2)cc1. The molecule has 1 fully saturated rings. The first-order valence-electron chi connectivity index (χ1n) is 8.04. The maximum absolute atomic E-state index is 12.1. The number of hydrogen-bond donors (Lipinski definition) is 2. The average molecular weight is 337 g/mol. The highest BCUT2D eigenvalue weighted by Gasteiger charge is 2.29.